The minimum absolute atomic E-state index is 0.123. The molecule has 88 valence electrons. The van der Waals surface area contributed by atoms with E-state index < -0.39 is 0 Å². The van der Waals surface area contributed by atoms with Crippen LogP contribution in [0.4, 0.5) is 0 Å². The number of rotatable bonds is 5. The first-order chi connectivity index (χ1) is 7.22. The molecule has 0 aromatic heterocycles. The van der Waals surface area contributed by atoms with Crippen molar-refractivity contribution < 1.29 is 9.53 Å². The molecule has 15 heavy (non-hydrogen) atoms. The lowest BCUT2D eigenvalue weighted by atomic mass is 9.92. The van der Waals surface area contributed by atoms with Gasteiger partial charge < -0.3 is 15.8 Å². The first kappa shape index (κ1) is 12.5. The molecular weight excluding hydrogens is 192 g/mol. The Morgan fingerprint density at radius 1 is 1.40 bits per heavy atom. The van der Waals surface area contributed by atoms with Gasteiger partial charge in [-0.2, -0.15) is 0 Å². The van der Waals surface area contributed by atoms with E-state index in [0.717, 1.165) is 25.8 Å². The highest BCUT2D eigenvalue weighted by molar-refractivity contribution is 5.69. The van der Waals surface area contributed by atoms with Crippen molar-refractivity contribution in [2.24, 2.45) is 5.73 Å². The Hall–Kier alpha value is -0.610. The van der Waals surface area contributed by atoms with Crippen LogP contribution in [0.1, 0.15) is 38.5 Å². The molecule has 0 radical (unpaired) electrons. The summed E-state index contributed by atoms with van der Waals surface area (Å²) in [5.41, 5.74) is 5.82. The molecule has 1 rings (SSSR count). The molecule has 0 atom stereocenters. The van der Waals surface area contributed by atoms with Crippen LogP contribution in [-0.2, 0) is 9.53 Å². The zero-order chi connectivity index (χ0) is 11.1. The molecular formula is C11H22N2O2. The minimum atomic E-state index is -0.123. The molecule has 1 saturated carbocycles. The van der Waals surface area contributed by atoms with Gasteiger partial charge in [0.25, 0.3) is 0 Å². The van der Waals surface area contributed by atoms with E-state index in [4.69, 9.17) is 5.73 Å². The van der Waals surface area contributed by atoms with Gasteiger partial charge in [0.1, 0.15) is 0 Å². The van der Waals surface area contributed by atoms with Crippen molar-refractivity contribution in [2.45, 2.75) is 50.6 Å². The summed E-state index contributed by atoms with van der Waals surface area (Å²) < 4.78 is 4.57. The Balaban J connectivity index is 1.98. The Morgan fingerprint density at radius 2 is 2.07 bits per heavy atom. The fraction of sp³-hybridized carbons (Fsp3) is 0.909. The highest BCUT2D eigenvalue weighted by atomic mass is 16.5. The highest BCUT2D eigenvalue weighted by Gasteiger charge is 2.17. The quantitative estimate of drug-likeness (QED) is 0.525. The smallest absolute Gasteiger partial charge is 0.305 e. The number of carbonyl (C=O) groups excluding carboxylic acids is 1. The Labute approximate surface area is 91.5 Å². The van der Waals surface area contributed by atoms with Gasteiger partial charge in [0, 0.05) is 18.5 Å². The molecule has 0 spiro atoms. The molecule has 0 aromatic rings. The van der Waals surface area contributed by atoms with Crippen LogP contribution < -0.4 is 11.1 Å². The third kappa shape index (κ3) is 5.14. The number of nitrogens with one attached hydrogen (secondary N) is 1. The number of carbonyl (C=O) groups is 1. The van der Waals surface area contributed by atoms with Crippen LogP contribution in [0.5, 0.6) is 0 Å². The lowest BCUT2D eigenvalue weighted by Crippen LogP contribution is -2.37. The molecule has 0 bridgehead atoms. The molecule has 1 aliphatic carbocycles. The van der Waals surface area contributed by atoms with Crippen molar-refractivity contribution in [3.63, 3.8) is 0 Å². The largest absolute Gasteiger partial charge is 0.469 e. The third-order valence-electron chi connectivity index (χ3n) is 2.99. The van der Waals surface area contributed by atoms with E-state index in [9.17, 15) is 4.79 Å². The monoisotopic (exact) mass is 214 g/mol. The fourth-order valence-electron chi connectivity index (χ4n) is 1.96. The number of hydrogen-bond acceptors (Lipinski definition) is 4. The van der Waals surface area contributed by atoms with E-state index in [2.05, 4.69) is 10.1 Å². The van der Waals surface area contributed by atoms with Gasteiger partial charge in [0.05, 0.1) is 7.11 Å². The van der Waals surface area contributed by atoms with E-state index in [1.807, 2.05) is 0 Å². The SMILES string of the molecule is COC(=O)CCCNC1CCC(N)CC1. The second-order valence-corrected chi connectivity index (χ2v) is 4.25. The molecule has 0 aromatic carbocycles. The number of hydrogen-bond donors (Lipinski definition) is 2. The van der Waals surface area contributed by atoms with Gasteiger partial charge in [-0.15, -0.1) is 0 Å². The predicted octanol–water partition coefficient (Wildman–Crippen LogP) is 0.799. The summed E-state index contributed by atoms with van der Waals surface area (Å²) >= 11 is 0. The molecule has 0 amide bonds. The average Bonchev–Trinajstić information content (AvgIpc) is 2.26. The molecule has 0 aliphatic heterocycles. The second kappa shape index (κ2) is 6.80. The summed E-state index contributed by atoms with van der Waals surface area (Å²) in [7, 11) is 1.43. The molecule has 1 aliphatic rings. The van der Waals surface area contributed by atoms with Gasteiger partial charge in [0.2, 0.25) is 0 Å². The number of ether oxygens (including phenoxy) is 1. The van der Waals surface area contributed by atoms with E-state index in [-0.39, 0.29) is 5.97 Å². The molecule has 0 saturated heterocycles. The first-order valence-corrected chi connectivity index (χ1v) is 5.78. The van der Waals surface area contributed by atoms with Gasteiger partial charge >= 0.3 is 5.97 Å². The summed E-state index contributed by atoms with van der Waals surface area (Å²) in [6.45, 7) is 0.898. The lowest BCUT2D eigenvalue weighted by Gasteiger charge is -2.26. The molecule has 0 unspecified atom stereocenters. The predicted molar refractivity (Wildman–Crippen MR) is 59.5 cm³/mol. The zero-order valence-corrected chi connectivity index (χ0v) is 9.50. The third-order valence-corrected chi connectivity index (χ3v) is 2.99. The number of methoxy groups -OCH3 is 1. The maximum absolute atomic E-state index is 10.8. The summed E-state index contributed by atoms with van der Waals surface area (Å²) in [4.78, 5) is 10.8. The molecule has 4 heteroatoms. The van der Waals surface area contributed by atoms with E-state index >= 15 is 0 Å². The number of nitrogens with two attached hydrogens (primary N) is 1. The minimum Gasteiger partial charge on any atom is -0.469 e. The van der Waals surface area contributed by atoms with E-state index in [1.165, 1.54) is 20.0 Å². The van der Waals surface area contributed by atoms with Crippen LogP contribution in [0, 0.1) is 0 Å². The Kier molecular flexibility index (Phi) is 5.65. The van der Waals surface area contributed by atoms with Gasteiger partial charge in [-0.05, 0) is 38.6 Å². The van der Waals surface area contributed by atoms with Gasteiger partial charge in [-0.1, -0.05) is 0 Å². The molecule has 4 nitrogen and oxygen atoms in total. The summed E-state index contributed by atoms with van der Waals surface area (Å²) in [6.07, 6.45) is 5.94. The van der Waals surface area contributed by atoms with Crippen LogP contribution in [0.25, 0.3) is 0 Å². The summed E-state index contributed by atoms with van der Waals surface area (Å²) in [6, 6.07) is 1.00. The van der Waals surface area contributed by atoms with Crippen molar-refractivity contribution in [2.75, 3.05) is 13.7 Å². The molecule has 3 N–H and O–H groups in total. The van der Waals surface area contributed by atoms with Crippen molar-refractivity contribution in [1.82, 2.24) is 5.32 Å². The van der Waals surface area contributed by atoms with E-state index in [0.29, 0.717) is 18.5 Å². The second-order valence-electron chi connectivity index (χ2n) is 4.25. The van der Waals surface area contributed by atoms with Gasteiger partial charge in [-0.3, -0.25) is 4.79 Å². The standard InChI is InChI=1S/C11H22N2O2/c1-15-11(14)3-2-8-13-10-6-4-9(12)5-7-10/h9-10,13H,2-8,12H2,1H3. The van der Waals surface area contributed by atoms with Crippen LogP contribution >= 0.6 is 0 Å². The topological polar surface area (TPSA) is 64.3 Å². The molecule has 1 fully saturated rings. The van der Waals surface area contributed by atoms with E-state index in [1.54, 1.807) is 0 Å². The van der Waals surface area contributed by atoms with Crippen LogP contribution in [0.2, 0.25) is 0 Å². The van der Waals surface area contributed by atoms with Crippen molar-refractivity contribution in [3.05, 3.63) is 0 Å². The maximum atomic E-state index is 10.8. The van der Waals surface area contributed by atoms with Gasteiger partial charge in [-0.25, -0.2) is 0 Å². The number of esters is 1. The maximum Gasteiger partial charge on any atom is 0.305 e. The Bertz CT molecular complexity index is 189. The van der Waals surface area contributed by atoms with Crippen molar-refractivity contribution in [1.29, 1.82) is 0 Å². The highest BCUT2D eigenvalue weighted by Crippen LogP contribution is 2.16. The lowest BCUT2D eigenvalue weighted by molar-refractivity contribution is -0.140. The van der Waals surface area contributed by atoms with Crippen LogP contribution in [0.3, 0.4) is 0 Å². The van der Waals surface area contributed by atoms with Crippen molar-refractivity contribution >= 4 is 5.97 Å². The Morgan fingerprint density at radius 3 is 2.67 bits per heavy atom. The normalized spacial score (nSPS) is 26.3. The summed E-state index contributed by atoms with van der Waals surface area (Å²) in [5.74, 6) is -0.123. The van der Waals surface area contributed by atoms with Gasteiger partial charge in [0.15, 0.2) is 0 Å². The fourth-order valence-corrected chi connectivity index (χ4v) is 1.96. The first-order valence-electron chi connectivity index (χ1n) is 5.78. The summed E-state index contributed by atoms with van der Waals surface area (Å²) in [5, 5.41) is 3.46. The van der Waals surface area contributed by atoms with Crippen molar-refractivity contribution in [3.8, 4) is 0 Å². The molecule has 0 heterocycles. The van der Waals surface area contributed by atoms with Crippen LogP contribution in [-0.4, -0.2) is 31.7 Å². The van der Waals surface area contributed by atoms with Crippen LogP contribution in [0.15, 0.2) is 0 Å². The zero-order valence-electron chi connectivity index (χ0n) is 9.50. The average molecular weight is 214 g/mol.